The molecule has 0 bridgehead atoms. The molecule has 2 atom stereocenters. The summed E-state index contributed by atoms with van der Waals surface area (Å²) >= 11 is 9.73. The molecule has 1 aromatic heterocycles. The lowest BCUT2D eigenvalue weighted by Crippen LogP contribution is -2.37. The number of rotatable bonds is 4. The van der Waals surface area contributed by atoms with Gasteiger partial charge >= 0.3 is 0 Å². The van der Waals surface area contributed by atoms with E-state index in [9.17, 15) is 0 Å². The van der Waals surface area contributed by atoms with Crippen LogP contribution >= 0.6 is 27.5 Å². The SMILES string of the molecule is CCOC1(c2nc(Cl)c(Br)c(CC)n2)CCCC(C)C1. The van der Waals surface area contributed by atoms with Crippen LogP contribution in [0.5, 0.6) is 0 Å². The first kappa shape index (κ1) is 16.2. The molecule has 0 spiro atoms. The zero-order valence-electron chi connectivity index (χ0n) is 12.4. The van der Waals surface area contributed by atoms with Gasteiger partial charge in [0.25, 0.3) is 0 Å². The molecule has 2 unspecified atom stereocenters. The highest BCUT2D eigenvalue weighted by molar-refractivity contribution is 9.10. The Morgan fingerprint density at radius 1 is 1.40 bits per heavy atom. The van der Waals surface area contributed by atoms with E-state index in [2.05, 4.69) is 34.8 Å². The zero-order valence-corrected chi connectivity index (χ0v) is 14.7. The molecule has 0 radical (unpaired) electrons. The second-order valence-corrected chi connectivity index (χ2v) is 6.73. The third-order valence-electron chi connectivity index (χ3n) is 4.00. The molecule has 0 aromatic carbocycles. The summed E-state index contributed by atoms with van der Waals surface area (Å²) in [4.78, 5) is 9.25. The Hall–Kier alpha value is -0.190. The molecule has 1 aliphatic rings. The summed E-state index contributed by atoms with van der Waals surface area (Å²) in [5, 5.41) is 0.490. The molecule has 1 fully saturated rings. The van der Waals surface area contributed by atoms with Crippen LogP contribution in [0.15, 0.2) is 4.47 Å². The van der Waals surface area contributed by atoms with Gasteiger partial charge in [-0.15, -0.1) is 0 Å². The predicted octanol–water partition coefficient (Wildman–Crippen LogP) is 4.90. The van der Waals surface area contributed by atoms with Crippen molar-refractivity contribution in [2.45, 2.75) is 58.5 Å². The zero-order chi connectivity index (χ0) is 14.8. The van der Waals surface area contributed by atoms with E-state index in [0.29, 0.717) is 17.7 Å². The van der Waals surface area contributed by atoms with Crippen LogP contribution in [0.3, 0.4) is 0 Å². The molecule has 0 saturated heterocycles. The van der Waals surface area contributed by atoms with Crippen molar-refractivity contribution < 1.29 is 4.74 Å². The van der Waals surface area contributed by atoms with Gasteiger partial charge in [0.05, 0.1) is 10.2 Å². The fourth-order valence-electron chi connectivity index (χ4n) is 3.08. The molecule has 3 nitrogen and oxygen atoms in total. The molecular formula is C15H22BrClN2O. The molecule has 1 heterocycles. The van der Waals surface area contributed by atoms with Gasteiger partial charge < -0.3 is 4.74 Å². The first-order valence-corrected chi connectivity index (χ1v) is 8.55. The fraction of sp³-hybridized carbons (Fsp3) is 0.733. The summed E-state index contributed by atoms with van der Waals surface area (Å²) in [5.41, 5.74) is 0.595. The minimum atomic E-state index is -0.360. The summed E-state index contributed by atoms with van der Waals surface area (Å²) < 4.78 is 6.93. The van der Waals surface area contributed by atoms with Crippen molar-refractivity contribution in [2.75, 3.05) is 6.61 Å². The lowest BCUT2D eigenvalue weighted by molar-refractivity contribution is -0.0882. The van der Waals surface area contributed by atoms with Gasteiger partial charge in [0.15, 0.2) is 5.82 Å². The first-order valence-electron chi connectivity index (χ1n) is 7.38. The average molecular weight is 362 g/mol. The predicted molar refractivity (Wildman–Crippen MR) is 85.1 cm³/mol. The number of aryl methyl sites for hydroxylation is 1. The maximum absolute atomic E-state index is 6.26. The summed E-state index contributed by atoms with van der Waals surface area (Å²) in [6, 6.07) is 0. The smallest absolute Gasteiger partial charge is 0.162 e. The fourth-order valence-corrected chi connectivity index (χ4v) is 3.73. The topological polar surface area (TPSA) is 35.0 Å². The molecular weight excluding hydrogens is 340 g/mol. The summed E-state index contributed by atoms with van der Waals surface area (Å²) in [7, 11) is 0. The first-order chi connectivity index (χ1) is 9.52. The monoisotopic (exact) mass is 360 g/mol. The van der Waals surface area contributed by atoms with Crippen LogP contribution in [-0.4, -0.2) is 16.6 Å². The van der Waals surface area contributed by atoms with Gasteiger partial charge in [-0.3, -0.25) is 0 Å². The maximum Gasteiger partial charge on any atom is 0.162 e. The Kier molecular flexibility index (Phi) is 5.43. The van der Waals surface area contributed by atoms with E-state index in [1.165, 1.54) is 6.42 Å². The Morgan fingerprint density at radius 2 is 2.15 bits per heavy atom. The second kappa shape index (κ2) is 6.71. The largest absolute Gasteiger partial charge is 0.367 e. The van der Waals surface area contributed by atoms with Gasteiger partial charge in [-0.05, 0) is 54.5 Å². The van der Waals surface area contributed by atoms with Crippen molar-refractivity contribution in [2.24, 2.45) is 5.92 Å². The minimum absolute atomic E-state index is 0.360. The van der Waals surface area contributed by atoms with Crippen molar-refractivity contribution >= 4 is 27.5 Å². The van der Waals surface area contributed by atoms with Crippen molar-refractivity contribution in [3.05, 3.63) is 21.1 Å². The number of aromatic nitrogens is 2. The van der Waals surface area contributed by atoms with Crippen LogP contribution in [0.2, 0.25) is 5.15 Å². The number of hydrogen-bond acceptors (Lipinski definition) is 3. The van der Waals surface area contributed by atoms with Crippen LogP contribution in [0.25, 0.3) is 0 Å². The molecule has 1 aromatic rings. The van der Waals surface area contributed by atoms with Crippen LogP contribution in [0.4, 0.5) is 0 Å². The Bertz CT molecular complexity index is 479. The highest BCUT2D eigenvalue weighted by Crippen LogP contribution is 2.42. The summed E-state index contributed by atoms with van der Waals surface area (Å²) in [5.74, 6) is 1.39. The molecule has 2 rings (SSSR count). The van der Waals surface area contributed by atoms with Gasteiger partial charge in [-0.25, -0.2) is 9.97 Å². The molecule has 5 heteroatoms. The summed E-state index contributed by atoms with van der Waals surface area (Å²) in [6.45, 7) is 7.05. The standard InChI is InChI=1S/C15H22BrClN2O/c1-4-11-12(16)13(17)19-14(18-11)15(20-5-2)8-6-7-10(3)9-15/h10H,4-9H2,1-3H3. The van der Waals surface area contributed by atoms with Crippen molar-refractivity contribution in [1.29, 1.82) is 0 Å². The number of ether oxygens (including phenoxy) is 1. The van der Waals surface area contributed by atoms with E-state index < -0.39 is 0 Å². The van der Waals surface area contributed by atoms with Crippen LogP contribution in [0.1, 0.15) is 58.0 Å². The van der Waals surface area contributed by atoms with Gasteiger partial charge in [0, 0.05) is 6.61 Å². The van der Waals surface area contributed by atoms with Crippen LogP contribution in [-0.2, 0) is 16.8 Å². The third kappa shape index (κ3) is 3.18. The molecule has 20 heavy (non-hydrogen) atoms. The van der Waals surface area contributed by atoms with Gasteiger partial charge in [-0.2, -0.15) is 0 Å². The van der Waals surface area contributed by atoms with Gasteiger partial charge in [0.1, 0.15) is 10.8 Å². The van der Waals surface area contributed by atoms with Crippen LogP contribution in [0, 0.1) is 5.92 Å². The van der Waals surface area contributed by atoms with Crippen molar-refractivity contribution in [3.8, 4) is 0 Å². The Morgan fingerprint density at radius 3 is 2.75 bits per heavy atom. The second-order valence-electron chi connectivity index (χ2n) is 5.58. The third-order valence-corrected chi connectivity index (χ3v) is 5.33. The highest BCUT2D eigenvalue weighted by Gasteiger charge is 2.40. The van der Waals surface area contributed by atoms with Crippen molar-refractivity contribution in [3.63, 3.8) is 0 Å². The number of hydrogen-bond donors (Lipinski definition) is 0. The Labute approximate surface area is 134 Å². The molecule has 0 aliphatic heterocycles. The number of nitrogens with zero attached hydrogens (tertiary/aromatic N) is 2. The van der Waals surface area contributed by atoms with E-state index in [-0.39, 0.29) is 5.60 Å². The van der Waals surface area contributed by atoms with E-state index in [1.807, 2.05) is 6.92 Å². The summed E-state index contributed by atoms with van der Waals surface area (Å²) in [6.07, 6.45) is 5.18. The molecule has 1 saturated carbocycles. The molecule has 0 N–H and O–H groups in total. The minimum Gasteiger partial charge on any atom is -0.367 e. The van der Waals surface area contributed by atoms with E-state index in [1.54, 1.807) is 0 Å². The van der Waals surface area contributed by atoms with E-state index in [4.69, 9.17) is 21.3 Å². The molecule has 0 amide bonds. The molecule has 1 aliphatic carbocycles. The highest BCUT2D eigenvalue weighted by atomic mass is 79.9. The maximum atomic E-state index is 6.26. The van der Waals surface area contributed by atoms with Crippen molar-refractivity contribution in [1.82, 2.24) is 9.97 Å². The quantitative estimate of drug-likeness (QED) is 0.716. The van der Waals surface area contributed by atoms with E-state index in [0.717, 1.165) is 41.7 Å². The van der Waals surface area contributed by atoms with Crippen LogP contribution < -0.4 is 0 Å². The Balaban J connectivity index is 2.46. The van der Waals surface area contributed by atoms with Gasteiger partial charge in [-0.1, -0.05) is 31.9 Å². The average Bonchev–Trinajstić information content (AvgIpc) is 2.42. The van der Waals surface area contributed by atoms with Gasteiger partial charge in [0.2, 0.25) is 0 Å². The normalized spacial score (nSPS) is 26.8. The lowest BCUT2D eigenvalue weighted by atomic mass is 9.78. The molecule has 112 valence electrons. The lowest BCUT2D eigenvalue weighted by Gasteiger charge is -2.38. The number of halogens is 2. The van der Waals surface area contributed by atoms with E-state index >= 15 is 0 Å².